The van der Waals surface area contributed by atoms with Crippen molar-refractivity contribution in [3.63, 3.8) is 0 Å². The Balaban J connectivity index is 1.81. The zero-order chi connectivity index (χ0) is 14.2. The summed E-state index contributed by atoms with van der Waals surface area (Å²) in [5.41, 5.74) is 3.33. The first kappa shape index (κ1) is 14.3. The van der Waals surface area contributed by atoms with Crippen molar-refractivity contribution in [2.24, 2.45) is 0 Å². The van der Waals surface area contributed by atoms with Crippen LogP contribution in [0.3, 0.4) is 0 Å². The number of benzene rings is 2. The van der Waals surface area contributed by atoms with Gasteiger partial charge in [-0.05, 0) is 18.1 Å². The fourth-order valence-corrected chi connectivity index (χ4v) is 2.14. The maximum absolute atomic E-state index is 11.9. The van der Waals surface area contributed by atoms with E-state index in [-0.39, 0.29) is 5.91 Å². The maximum Gasteiger partial charge on any atom is 0.279 e. The molecule has 1 amide bonds. The van der Waals surface area contributed by atoms with Gasteiger partial charge in [0.25, 0.3) is 5.91 Å². The lowest BCUT2D eigenvalue weighted by molar-refractivity contribution is -0.659. The number of carbonyl (C=O) groups is 1. The summed E-state index contributed by atoms with van der Waals surface area (Å²) in [6, 6.07) is 18.1. The largest absolute Gasteiger partial charge is 0.335 e. The molecule has 0 atom stereocenters. The highest BCUT2D eigenvalue weighted by molar-refractivity contribution is 5.92. The van der Waals surface area contributed by atoms with Gasteiger partial charge in [0, 0.05) is 11.3 Å². The van der Waals surface area contributed by atoms with Crippen LogP contribution in [0.4, 0.5) is 5.69 Å². The molecule has 0 heterocycles. The molecule has 3 heteroatoms. The van der Waals surface area contributed by atoms with Crippen LogP contribution in [0.25, 0.3) is 0 Å². The molecule has 0 aliphatic heterocycles. The first-order valence-electron chi connectivity index (χ1n) is 7.03. The number of aryl methyl sites for hydroxylation is 1. The Morgan fingerprint density at radius 1 is 1.05 bits per heavy atom. The Morgan fingerprint density at radius 3 is 2.50 bits per heavy atom. The topological polar surface area (TPSA) is 45.7 Å². The number of hydrogen-bond donors (Lipinski definition) is 2. The minimum absolute atomic E-state index is 0.0434. The van der Waals surface area contributed by atoms with E-state index in [9.17, 15) is 4.79 Å². The average molecular weight is 269 g/mol. The van der Waals surface area contributed by atoms with Crippen molar-refractivity contribution in [3.05, 3.63) is 65.7 Å². The molecule has 0 fully saturated rings. The number of nitrogens with one attached hydrogen (secondary N) is 1. The van der Waals surface area contributed by atoms with E-state index in [1.54, 1.807) is 0 Å². The van der Waals surface area contributed by atoms with Gasteiger partial charge >= 0.3 is 0 Å². The highest BCUT2D eigenvalue weighted by Gasteiger charge is 2.07. The average Bonchev–Trinajstić information content (AvgIpc) is 2.49. The van der Waals surface area contributed by atoms with Crippen molar-refractivity contribution in [3.8, 4) is 0 Å². The van der Waals surface area contributed by atoms with Gasteiger partial charge in [0.2, 0.25) is 0 Å². The SMILES string of the molecule is CCc1ccccc1NC(=O)C[NH2+]Cc1ccccc1. The van der Waals surface area contributed by atoms with Crippen molar-refractivity contribution in [2.75, 3.05) is 11.9 Å². The molecule has 0 unspecified atom stereocenters. The Kier molecular flexibility index (Phi) is 5.33. The molecule has 0 aliphatic rings. The van der Waals surface area contributed by atoms with E-state index in [0.717, 1.165) is 18.7 Å². The van der Waals surface area contributed by atoms with Crippen LogP contribution in [0, 0.1) is 0 Å². The van der Waals surface area contributed by atoms with E-state index in [0.29, 0.717) is 6.54 Å². The minimum Gasteiger partial charge on any atom is -0.335 e. The lowest BCUT2D eigenvalue weighted by Crippen LogP contribution is -2.84. The predicted octanol–water partition coefficient (Wildman–Crippen LogP) is 1.95. The zero-order valence-corrected chi connectivity index (χ0v) is 11.8. The Morgan fingerprint density at radius 2 is 1.75 bits per heavy atom. The third-order valence-corrected chi connectivity index (χ3v) is 3.22. The fourth-order valence-electron chi connectivity index (χ4n) is 2.14. The van der Waals surface area contributed by atoms with Crippen molar-refractivity contribution in [1.29, 1.82) is 0 Å². The molecule has 0 saturated heterocycles. The molecule has 3 N–H and O–H groups in total. The Hall–Kier alpha value is -2.13. The number of rotatable bonds is 6. The van der Waals surface area contributed by atoms with Gasteiger partial charge in [-0.1, -0.05) is 55.5 Å². The van der Waals surface area contributed by atoms with Crippen LogP contribution >= 0.6 is 0 Å². The van der Waals surface area contributed by atoms with E-state index >= 15 is 0 Å². The van der Waals surface area contributed by atoms with Gasteiger partial charge in [-0.3, -0.25) is 4.79 Å². The highest BCUT2D eigenvalue weighted by atomic mass is 16.1. The highest BCUT2D eigenvalue weighted by Crippen LogP contribution is 2.14. The molecule has 0 radical (unpaired) electrons. The molecule has 2 rings (SSSR count). The van der Waals surface area contributed by atoms with Crippen molar-refractivity contribution < 1.29 is 10.1 Å². The molecule has 0 aromatic heterocycles. The standard InChI is InChI=1S/C17H20N2O/c1-2-15-10-6-7-11-16(15)19-17(20)13-18-12-14-8-4-3-5-9-14/h3-11,18H,2,12-13H2,1H3,(H,19,20)/p+1. The van der Waals surface area contributed by atoms with E-state index in [1.807, 2.05) is 47.8 Å². The summed E-state index contributed by atoms with van der Waals surface area (Å²) in [5, 5.41) is 4.99. The van der Waals surface area contributed by atoms with E-state index < -0.39 is 0 Å². The summed E-state index contributed by atoms with van der Waals surface area (Å²) < 4.78 is 0. The smallest absolute Gasteiger partial charge is 0.279 e. The van der Waals surface area contributed by atoms with Gasteiger partial charge in [-0.2, -0.15) is 0 Å². The molecule has 3 nitrogen and oxygen atoms in total. The molecule has 2 aromatic rings. The molecule has 0 spiro atoms. The summed E-state index contributed by atoms with van der Waals surface area (Å²) >= 11 is 0. The van der Waals surface area contributed by atoms with Crippen LogP contribution in [0.2, 0.25) is 0 Å². The number of nitrogens with two attached hydrogens (primary N) is 1. The lowest BCUT2D eigenvalue weighted by atomic mass is 10.1. The van der Waals surface area contributed by atoms with Crippen molar-refractivity contribution in [2.45, 2.75) is 19.9 Å². The maximum atomic E-state index is 11.9. The Labute approximate surface area is 120 Å². The number of para-hydroxylation sites is 1. The first-order valence-corrected chi connectivity index (χ1v) is 7.03. The Bertz CT molecular complexity index is 552. The van der Waals surface area contributed by atoms with E-state index in [1.165, 1.54) is 11.1 Å². The molecular formula is C17H21N2O+. The summed E-state index contributed by atoms with van der Waals surface area (Å²) in [6.07, 6.45) is 0.921. The van der Waals surface area contributed by atoms with Crippen LogP contribution in [0.15, 0.2) is 54.6 Å². The number of quaternary nitrogens is 1. The van der Waals surface area contributed by atoms with Gasteiger partial charge in [0.05, 0.1) is 0 Å². The van der Waals surface area contributed by atoms with Gasteiger partial charge in [-0.15, -0.1) is 0 Å². The minimum atomic E-state index is 0.0434. The fraction of sp³-hybridized carbons (Fsp3) is 0.235. The van der Waals surface area contributed by atoms with Crippen LogP contribution < -0.4 is 10.6 Å². The van der Waals surface area contributed by atoms with Crippen LogP contribution in [-0.2, 0) is 17.8 Å². The van der Waals surface area contributed by atoms with Gasteiger partial charge in [0.15, 0.2) is 6.54 Å². The normalized spacial score (nSPS) is 10.2. The second kappa shape index (κ2) is 7.46. The second-order valence-electron chi connectivity index (χ2n) is 4.74. The molecule has 0 saturated carbocycles. The number of hydrogen-bond acceptors (Lipinski definition) is 1. The summed E-state index contributed by atoms with van der Waals surface area (Å²) in [4.78, 5) is 11.9. The summed E-state index contributed by atoms with van der Waals surface area (Å²) in [5.74, 6) is 0.0434. The van der Waals surface area contributed by atoms with Crippen molar-refractivity contribution in [1.82, 2.24) is 0 Å². The molecule has 0 bridgehead atoms. The number of amides is 1. The monoisotopic (exact) mass is 269 g/mol. The summed E-state index contributed by atoms with van der Waals surface area (Å²) in [6.45, 7) is 3.35. The second-order valence-corrected chi connectivity index (χ2v) is 4.74. The van der Waals surface area contributed by atoms with Crippen LogP contribution in [0.5, 0.6) is 0 Å². The molecule has 2 aromatic carbocycles. The van der Waals surface area contributed by atoms with Gasteiger partial charge in [0.1, 0.15) is 6.54 Å². The summed E-state index contributed by atoms with van der Waals surface area (Å²) in [7, 11) is 0. The van der Waals surface area contributed by atoms with Crippen LogP contribution in [-0.4, -0.2) is 12.5 Å². The van der Waals surface area contributed by atoms with E-state index in [4.69, 9.17) is 0 Å². The molecule has 0 aliphatic carbocycles. The third-order valence-electron chi connectivity index (χ3n) is 3.22. The molecular weight excluding hydrogens is 248 g/mol. The molecule has 20 heavy (non-hydrogen) atoms. The lowest BCUT2D eigenvalue weighted by Gasteiger charge is -2.09. The number of carbonyl (C=O) groups excluding carboxylic acids is 1. The number of anilines is 1. The van der Waals surface area contributed by atoms with Gasteiger partial charge in [-0.25, -0.2) is 0 Å². The zero-order valence-electron chi connectivity index (χ0n) is 11.8. The first-order chi connectivity index (χ1) is 9.79. The van der Waals surface area contributed by atoms with Crippen molar-refractivity contribution >= 4 is 11.6 Å². The quantitative estimate of drug-likeness (QED) is 0.827. The van der Waals surface area contributed by atoms with Crippen LogP contribution in [0.1, 0.15) is 18.1 Å². The third kappa shape index (κ3) is 4.21. The predicted molar refractivity (Wildman–Crippen MR) is 81.4 cm³/mol. The van der Waals surface area contributed by atoms with E-state index in [2.05, 4.69) is 24.4 Å². The van der Waals surface area contributed by atoms with Gasteiger partial charge < -0.3 is 10.6 Å². The molecule has 104 valence electrons.